The number of fused-ring (bicyclic) bond motifs is 1. The molecular formula is C18H11ClN4O2S. The maximum absolute atomic E-state index is 12.5. The number of nitrogens with zero attached hydrogens (tertiary/aromatic N) is 3. The molecule has 8 heteroatoms. The van der Waals surface area contributed by atoms with Gasteiger partial charge in [-0.1, -0.05) is 41.1 Å². The molecule has 26 heavy (non-hydrogen) atoms. The molecule has 0 aliphatic rings. The van der Waals surface area contributed by atoms with Gasteiger partial charge in [-0.2, -0.15) is 5.10 Å². The van der Waals surface area contributed by atoms with Crippen molar-refractivity contribution in [1.29, 1.82) is 0 Å². The maximum Gasteiger partial charge on any atom is 0.281 e. The quantitative estimate of drug-likeness (QED) is 0.585. The van der Waals surface area contributed by atoms with Gasteiger partial charge in [0.1, 0.15) is 0 Å². The van der Waals surface area contributed by atoms with E-state index in [-0.39, 0.29) is 5.69 Å². The van der Waals surface area contributed by atoms with Crippen molar-refractivity contribution < 1.29 is 4.79 Å². The molecule has 0 spiro atoms. The second kappa shape index (κ2) is 6.70. The van der Waals surface area contributed by atoms with Gasteiger partial charge in [-0.05, 0) is 30.3 Å². The van der Waals surface area contributed by atoms with Crippen molar-refractivity contribution in [1.82, 2.24) is 14.8 Å². The Balaban J connectivity index is 1.66. The highest BCUT2D eigenvalue weighted by Gasteiger charge is 2.16. The van der Waals surface area contributed by atoms with E-state index in [9.17, 15) is 9.59 Å². The number of aromatic nitrogens is 3. The molecule has 4 rings (SSSR count). The number of carbonyl (C=O) groups excluding carboxylic acids is 1. The lowest BCUT2D eigenvalue weighted by Crippen LogP contribution is -2.25. The molecule has 0 radical (unpaired) electrons. The third kappa shape index (κ3) is 3.22. The fourth-order valence-electron chi connectivity index (χ4n) is 2.40. The summed E-state index contributed by atoms with van der Waals surface area (Å²) in [6, 6.07) is 15.8. The van der Waals surface area contributed by atoms with Gasteiger partial charge in [0.05, 0.1) is 15.9 Å². The molecule has 0 fully saturated rings. The zero-order chi connectivity index (χ0) is 18.1. The van der Waals surface area contributed by atoms with E-state index in [0.29, 0.717) is 10.2 Å². The number of carbonyl (C=O) groups is 1. The van der Waals surface area contributed by atoms with Crippen LogP contribution in [0.15, 0.2) is 65.6 Å². The lowest BCUT2D eigenvalue weighted by molar-refractivity contribution is 0.101. The molecule has 0 aliphatic carbocycles. The van der Waals surface area contributed by atoms with Gasteiger partial charge in [-0.25, -0.2) is 9.67 Å². The Morgan fingerprint density at radius 1 is 1.12 bits per heavy atom. The Morgan fingerprint density at radius 3 is 2.73 bits per heavy atom. The van der Waals surface area contributed by atoms with Crippen molar-refractivity contribution in [2.75, 3.05) is 5.32 Å². The zero-order valence-electron chi connectivity index (χ0n) is 13.2. The summed E-state index contributed by atoms with van der Waals surface area (Å²) in [5, 5.41) is 7.76. The number of thiazole rings is 1. The molecule has 6 nitrogen and oxygen atoms in total. The third-order valence-electron chi connectivity index (χ3n) is 3.61. The van der Waals surface area contributed by atoms with Gasteiger partial charge in [-0.3, -0.25) is 14.9 Å². The Hall–Kier alpha value is -3.03. The largest absolute Gasteiger partial charge is 0.296 e. The Labute approximate surface area is 156 Å². The van der Waals surface area contributed by atoms with Gasteiger partial charge in [-0.15, -0.1) is 0 Å². The molecule has 1 N–H and O–H groups in total. The van der Waals surface area contributed by atoms with Crippen LogP contribution in [0, 0.1) is 0 Å². The first-order valence-electron chi connectivity index (χ1n) is 7.63. The molecule has 1 amide bonds. The van der Waals surface area contributed by atoms with Gasteiger partial charge >= 0.3 is 0 Å². The van der Waals surface area contributed by atoms with Crippen LogP contribution in [0.2, 0.25) is 5.02 Å². The smallest absolute Gasteiger partial charge is 0.281 e. The number of para-hydroxylation sites is 1. The zero-order valence-corrected chi connectivity index (χ0v) is 14.8. The number of anilines is 1. The molecular weight excluding hydrogens is 372 g/mol. The van der Waals surface area contributed by atoms with Crippen LogP contribution in [-0.4, -0.2) is 20.7 Å². The minimum absolute atomic E-state index is 0.200. The Morgan fingerprint density at radius 2 is 1.92 bits per heavy atom. The van der Waals surface area contributed by atoms with E-state index in [4.69, 9.17) is 11.6 Å². The summed E-state index contributed by atoms with van der Waals surface area (Å²) in [4.78, 5) is 28.9. The van der Waals surface area contributed by atoms with E-state index in [1.54, 1.807) is 18.2 Å². The SMILES string of the molecule is O=C(Nc1nc2ccc(Cl)cc2s1)c1nn(-c2ccccc2)ccc1=O. The second-order valence-electron chi connectivity index (χ2n) is 5.39. The molecule has 128 valence electrons. The van der Waals surface area contributed by atoms with Gasteiger partial charge < -0.3 is 0 Å². The summed E-state index contributed by atoms with van der Waals surface area (Å²) in [5.41, 5.74) is 0.807. The standard InChI is InChI=1S/C18H11ClN4O2S/c19-11-6-7-13-15(10-11)26-18(20-13)21-17(25)16-14(24)8-9-23(22-16)12-4-2-1-3-5-12/h1-10H,(H,20,21,25). The third-order valence-corrected chi connectivity index (χ3v) is 4.78. The fraction of sp³-hybridized carbons (Fsp3) is 0. The van der Waals surface area contributed by atoms with Crippen LogP contribution in [0.3, 0.4) is 0 Å². The van der Waals surface area contributed by atoms with Crippen molar-refractivity contribution in [3.63, 3.8) is 0 Å². The minimum Gasteiger partial charge on any atom is -0.296 e. The summed E-state index contributed by atoms with van der Waals surface area (Å²) >= 11 is 7.24. The predicted octanol–water partition coefficient (Wildman–Crippen LogP) is 3.75. The first-order valence-corrected chi connectivity index (χ1v) is 8.82. The number of amides is 1. The summed E-state index contributed by atoms with van der Waals surface area (Å²) in [7, 11) is 0. The van der Waals surface area contributed by atoms with Gasteiger partial charge in [0, 0.05) is 17.3 Å². The van der Waals surface area contributed by atoms with Gasteiger partial charge in [0.25, 0.3) is 5.91 Å². The lowest BCUT2D eigenvalue weighted by atomic mass is 10.3. The topological polar surface area (TPSA) is 76.9 Å². The number of nitrogens with one attached hydrogen (secondary N) is 1. The van der Waals surface area contributed by atoms with Crippen LogP contribution in [0.4, 0.5) is 5.13 Å². The molecule has 2 aromatic carbocycles. The highest BCUT2D eigenvalue weighted by Crippen LogP contribution is 2.28. The molecule has 4 aromatic rings. The van der Waals surface area contributed by atoms with Crippen LogP contribution < -0.4 is 10.7 Å². The van der Waals surface area contributed by atoms with Crippen molar-refractivity contribution in [3.05, 3.63) is 81.7 Å². The average Bonchev–Trinajstić information content (AvgIpc) is 3.04. The Bertz CT molecular complexity index is 1170. The van der Waals surface area contributed by atoms with E-state index in [1.807, 2.05) is 30.3 Å². The summed E-state index contributed by atoms with van der Waals surface area (Å²) in [5.74, 6) is -0.606. The molecule has 0 bridgehead atoms. The highest BCUT2D eigenvalue weighted by molar-refractivity contribution is 7.22. The molecule has 0 unspecified atom stereocenters. The number of hydrogen-bond donors (Lipinski definition) is 1. The van der Waals surface area contributed by atoms with Crippen molar-refractivity contribution in [2.45, 2.75) is 0 Å². The minimum atomic E-state index is -0.606. The summed E-state index contributed by atoms with van der Waals surface area (Å²) in [6.45, 7) is 0. The van der Waals surface area contributed by atoms with Crippen LogP contribution in [0.5, 0.6) is 0 Å². The fourth-order valence-corrected chi connectivity index (χ4v) is 3.53. The molecule has 0 saturated heterocycles. The van der Waals surface area contributed by atoms with E-state index in [2.05, 4.69) is 15.4 Å². The maximum atomic E-state index is 12.5. The molecule has 2 aromatic heterocycles. The lowest BCUT2D eigenvalue weighted by Gasteiger charge is -2.06. The van der Waals surface area contributed by atoms with Crippen LogP contribution in [0.25, 0.3) is 15.9 Å². The number of benzene rings is 2. The molecule has 2 heterocycles. The predicted molar refractivity (Wildman–Crippen MR) is 102 cm³/mol. The molecule has 0 saturated carbocycles. The van der Waals surface area contributed by atoms with Crippen molar-refractivity contribution in [2.24, 2.45) is 0 Å². The van der Waals surface area contributed by atoms with Crippen molar-refractivity contribution >= 4 is 44.2 Å². The van der Waals surface area contributed by atoms with Crippen molar-refractivity contribution in [3.8, 4) is 5.69 Å². The second-order valence-corrected chi connectivity index (χ2v) is 6.86. The Kier molecular flexibility index (Phi) is 4.24. The number of halogens is 1. The van der Waals surface area contributed by atoms with E-state index in [1.165, 1.54) is 28.3 Å². The van der Waals surface area contributed by atoms with Gasteiger partial charge in [0.15, 0.2) is 10.8 Å². The number of hydrogen-bond acceptors (Lipinski definition) is 5. The first kappa shape index (κ1) is 16.4. The summed E-state index contributed by atoms with van der Waals surface area (Å²) < 4.78 is 2.32. The van der Waals surface area contributed by atoms with Gasteiger partial charge in [0.2, 0.25) is 5.43 Å². The number of rotatable bonds is 3. The molecule has 0 aliphatic heterocycles. The summed E-state index contributed by atoms with van der Waals surface area (Å²) in [6.07, 6.45) is 1.52. The molecule has 0 atom stereocenters. The van der Waals surface area contributed by atoms with E-state index < -0.39 is 11.3 Å². The van der Waals surface area contributed by atoms with Crippen LogP contribution in [0.1, 0.15) is 10.5 Å². The van der Waals surface area contributed by atoms with Crippen LogP contribution >= 0.6 is 22.9 Å². The van der Waals surface area contributed by atoms with Crippen LogP contribution in [-0.2, 0) is 0 Å². The highest BCUT2D eigenvalue weighted by atomic mass is 35.5. The average molecular weight is 383 g/mol. The van der Waals surface area contributed by atoms with E-state index in [0.717, 1.165) is 15.9 Å². The van der Waals surface area contributed by atoms with E-state index >= 15 is 0 Å². The normalized spacial score (nSPS) is 10.8. The monoisotopic (exact) mass is 382 g/mol. The first-order chi connectivity index (χ1) is 12.6.